The van der Waals surface area contributed by atoms with E-state index in [4.69, 9.17) is 4.74 Å². The highest BCUT2D eigenvalue weighted by molar-refractivity contribution is 5.94. The van der Waals surface area contributed by atoms with Crippen molar-refractivity contribution >= 4 is 10.8 Å². The van der Waals surface area contributed by atoms with Crippen LogP contribution in [0.25, 0.3) is 21.9 Å². The zero-order chi connectivity index (χ0) is 21.2. The van der Waals surface area contributed by atoms with E-state index in [1.165, 1.54) is 0 Å². The minimum atomic E-state index is 0.287. The van der Waals surface area contributed by atoms with E-state index >= 15 is 0 Å². The second-order valence-corrected chi connectivity index (χ2v) is 7.64. The Labute approximate surface area is 181 Å². The lowest BCUT2D eigenvalue weighted by molar-refractivity contribution is 0.430. The highest BCUT2D eigenvalue weighted by atomic mass is 16.5. The molecule has 1 N–H and O–H groups in total. The van der Waals surface area contributed by atoms with Gasteiger partial charge in [-0.3, -0.25) is 4.98 Å². The zero-order valence-electron chi connectivity index (χ0n) is 17.2. The van der Waals surface area contributed by atoms with Gasteiger partial charge >= 0.3 is 0 Å². The number of fused-ring (bicyclic) bond motifs is 1. The number of para-hydroxylation sites is 1. The Morgan fingerprint density at radius 1 is 0.871 bits per heavy atom. The van der Waals surface area contributed by atoms with Crippen molar-refractivity contribution in [1.82, 2.24) is 9.55 Å². The van der Waals surface area contributed by atoms with E-state index < -0.39 is 0 Å². The summed E-state index contributed by atoms with van der Waals surface area (Å²) in [5, 5.41) is 12.8. The molecule has 3 aromatic carbocycles. The number of rotatable bonds is 5. The summed E-state index contributed by atoms with van der Waals surface area (Å²) in [6.45, 7) is 2.61. The molecule has 0 amide bonds. The zero-order valence-corrected chi connectivity index (χ0v) is 17.2. The van der Waals surface area contributed by atoms with Gasteiger partial charge in [-0.1, -0.05) is 42.5 Å². The van der Waals surface area contributed by atoms with E-state index in [1.807, 2.05) is 90.6 Å². The van der Waals surface area contributed by atoms with E-state index in [-0.39, 0.29) is 5.88 Å². The third-order valence-electron chi connectivity index (χ3n) is 5.41. The molecule has 5 aromatic rings. The van der Waals surface area contributed by atoms with Crippen LogP contribution in [0.3, 0.4) is 0 Å². The maximum absolute atomic E-state index is 10.9. The molecule has 2 aromatic heterocycles. The quantitative estimate of drug-likeness (QED) is 0.360. The van der Waals surface area contributed by atoms with Crippen molar-refractivity contribution in [1.29, 1.82) is 0 Å². The van der Waals surface area contributed by atoms with Crippen molar-refractivity contribution in [2.75, 3.05) is 0 Å². The number of aromatic nitrogens is 2. The maximum atomic E-state index is 10.9. The molecule has 0 aliphatic heterocycles. The molecule has 5 rings (SSSR count). The number of pyridine rings is 1. The number of hydrogen-bond donors (Lipinski definition) is 1. The van der Waals surface area contributed by atoms with Gasteiger partial charge in [-0.2, -0.15) is 0 Å². The molecule has 4 heteroatoms. The molecular formula is C27H22N2O2. The van der Waals surface area contributed by atoms with Gasteiger partial charge in [0.05, 0.1) is 6.54 Å². The van der Waals surface area contributed by atoms with Gasteiger partial charge in [0.25, 0.3) is 0 Å². The van der Waals surface area contributed by atoms with Crippen molar-refractivity contribution in [3.8, 4) is 28.5 Å². The van der Waals surface area contributed by atoms with Crippen LogP contribution in [0.2, 0.25) is 0 Å². The third-order valence-corrected chi connectivity index (χ3v) is 5.41. The van der Waals surface area contributed by atoms with Crippen LogP contribution >= 0.6 is 0 Å². The summed E-state index contributed by atoms with van der Waals surface area (Å²) in [5.74, 6) is 1.88. The molecule has 0 aliphatic carbocycles. The van der Waals surface area contributed by atoms with Crippen LogP contribution in [-0.4, -0.2) is 14.7 Å². The molecule has 0 atom stereocenters. The predicted molar refractivity (Wildman–Crippen MR) is 124 cm³/mol. The number of aromatic hydroxyl groups is 1. The van der Waals surface area contributed by atoms with Gasteiger partial charge in [-0.15, -0.1) is 0 Å². The fourth-order valence-corrected chi connectivity index (χ4v) is 3.90. The molecule has 0 bridgehead atoms. The molecular weight excluding hydrogens is 384 g/mol. The molecule has 0 spiro atoms. The first-order chi connectivity index (χ1) is 15.2. The molecule has 0 aliphatic rings. The summed E-state index contributed by atoms with van der Waals surface area (Å²) in [6.07, 6.45) is 5.63. The first kappa shape index (κ1) is 18.9. The molecule has 2 heterocycles. The molecule has 4 nitrogen and oxygen atoms in total. The largest absolute Gasteiger partial charge is 0.494 e. The van der Waals surface area contributed by atoms with Crippen LogP contribution in [-0.2, 0) is 6.54 Å². The Morgan fingerprint density at radius 2 is 1.65 bits per heavy atom. The first-order valence-electron chi connectivity index (χ1n) is 10.2. The van der Waals surface area contributed by atoms with Gasteiger partial charge in [0, 0.05) is 34.9 Å². The van der Waals surface area contributed by atoms with Crippen molar-refractivity contribution < 1.29 is 9.84 Å². The Balaban J connectivity index is 1.41. The van der Waals surface area contributed by atoms with Crippen LogP contribution in [0.4, 0.5) is 0 Å². The van der Waals surface area contributed by atoms with E-state index in [2.05, 4.69) is 17.1 Å². The Hall–Kier alpha value is -4.05. The summed E-state index contributed by atoms with van der Waals surface area (Å²) in [4.78, 5) is 4.22. The number of aryl methyl sites for hydroxylation is 1. The average Bonchev–Trinajstić information content (AvgIpc) is 3.12. The summed E-state index contributed by atoms with van der Waals surface area (Å²) in [7, 11) is 0. The normalized spacial score (nSPS) is 11.0. The van der Waals surface area contributed by atoms with Crippen LogP contribution in [0, 0.1) is 6.92 Å². The lowest BCUT2D eigenvalue weighted by Gasteiger charge is -2.08. The van der Waals surface area contributed by atoms with Gasteiger partial charge in [0.15, 0.2) is 5.88 Å². The summed E-state index contributed by atoms with van der Waals surface area (Å²) >= 11 is 0. The fraction of sp³-hybridized carbons (Fsp3) is 0.0741. The van der Waals surface area contributed by atoms with Crippen LogP contribution in [0.1, 0.15) is 11.1 Å². The van der Waals surface area contributed by atoms with Gasteiger partial charge in [-0.05, 0) is 60.0 Å². The topological polar surface area (TPSA) is 47.3 Å². The highest BCUT2D eigenvalue weighted by Crippen LogP contribution is 2.34. The predicted octanol–water partition coefficient (Wildman–Crippen LogP) is 6.56. The van der Waals surface area contributed by atoms with E-state index in [0.717, 1.165) is 44.5 Å². The van der Waals surface area contributed by atoms with E-state index in [1.54, 1.807) is 6.20 Å². The number of hydrogen-bond acceptors (Lipinski definition) is 3. The first-order valence-corrected chi connectivity index (χ1v) is 10.2. The minimum absolute atomic E-state index is 0.287. The van der Waals surface area contributed by atoms with Crippen molar-refractivity contribution in [2.45, 2.75) is 13.5 Å². The van der Waals surface area contributed by atoms with Crippen LogP contribution in [0.15, 0.2) is 97.5 Å². The monoisotopic (exact) mass is 406 g/mol. The maximum Gasteiger partial charge on any atom is 0.199 e. The third kappa shape index (κ3) is 3.88. The molecule has 0 fully saturated rings. The number of benzene rings is 3. The van der Waals surface area contributed by atoms with Crippen molar-refractivity contribution in [2.24, 2.45) is 0 Å². The molecule has 0 saturated carbocycles. The standard InChI is InChI=1S/C27H22N2O2/c1-19-14-22(21-6-5-13-28-16-21)15-23-18-29(27(30)26(19)23)17-20-9-11-25(12-10-20)31-24-7-3-2-4-8-24/h2-16,18,30H,17H2,1H3. The number of nitrogens with zero attached hydrogens (tertiary/aromatic N) is 2. The highest BCUT2D eigenvalue weighted by Gasteiger charge is 2.13. The number of ether oxygens (including phenoxy) is 1. The molecule has 152 valence electrons. The van der Waals surface area contributed by atoms with Gasteiger partial charge in [-0.25, -0.2) is 0 Å². The summed E-state index contributed by atoms with van der Waals surface area (Å²) in [6, 6.07) is 25.9. The average molecular weight is 406 g/mol. The second kappa shape index (κ2) is 8.00. The van der Waals surface area contributed by atoms with Crippen molar-refractivity contribution in [3.05, 3.63) is 109 Å². The van der Waals surface area contributed by atoms with E-state index in [0.29, 0.717) is 6.54 Å². The van der Waals surface area contributed by atoms with Crippen LogP contribution < -0.4 is 4.74 Å². The van der Waals surface area contributed by atoms with Gasteiger partial charge in [0.2, 0.25) is 0 Å². The van der Waals surface area contributed by atoms with Crippen molar-refractivity contribution in [3.63, 3.8) is 0 Å². The molecule has 31 heavy (non-hydrogen) atoms. The second-order valence-electron chi connectivity index (χ2n) is 7.64. The molecule has 0 saturated heterocycles. The lowest BCUT2D eigenvalue weighted by atomic mass is 10.0. The Kier molecular flexibility index (Phi) is 4.89. The SMILES string of the molecule is Cc1cc(-c2cccnc2)cc2cn(Cc3ccc(Oc4ccccc4)cc3)c(O)c12. The van der Waals surface area contributed by atoms with Gasteiger partial charge < -0.3 is 14.4 Å². The Bertz CT molecular complexity index is 1330. The smallest absolute Gasteiger partial charge is 0.199 e. The molecule has 0 radical (unpaired) electrons. The summed E-state index contributed by atoms with van der Waals surface area (Å²) < 4.78 is 7.75. The lowest BCUT2D eigenvalue weighted by Crippen LogP contribution is -1.97. The molecule has 0 unspecified atom stereocenters. The fourth-order valence-electron chi connectivity index (χ4n) is 3.90. The Morgan fingerprint density at radius 3 is 2.39 bits per heavy atom. The van der Waals surface area contributed by atoms with Gasteiger partial charge in [0.1, 0.15) is 11.5 Å². The van der Waals surface area contributed by atoms with E-state index in [9.17, 15) is 5.11 Å². The summed E-state index contributed by atoms with van der Waals surface area (Å²) in [5.41, 5.74) is 4.28. The minimum Gasteiger partial charge on any atom is -0.494 e. The van der Waals surface area contributed by atoms with Crippen LogP contribution in [0.5, 0.6) is 17.4 Å².